The van der Waals surface area contributed by atoms with Crippen molar-refractivity contribution < 1.29 is 18.3 Å². The number of anilines is 2. The van der Waals surface area contributed by atoms with E-state index in [1.165, 1.54) is 12.1 Å². The molecule has 2 fully saturated rings. The first kappa shape index (κ1) is 26.1. The number of hydrogen-bond donors (Lipinski definition) is 2. The molecule has 10 nitrogen and oxygen atoms in total. The maximum absolute atomic E-state index is 14.4. The highest BCUT2D eigenvalue weighted by molar-refractivity contribution is 6.08. The maximum Gasteiger partial charge on any atom is 0.276 e. The number of aromatic nitrogens is 4. The molecule has 0 radical (unpaired) electrons. The molecule has 2 aliphatic rings. The van der Waals surface area contributed by atoms with E-state index in [4.69, 9.17) is 15.5 Å². The van der Waals surface area contributed by atoms with Crippen LogP contribution in [0, 0.1) is 17.6 Å². The predicted octanol–water partition coefficient (Wildman–Crippen LogP) is 3.25. The second-order valence-electron chi connectivity index (χ2n) is 10.4. The summed E-state index contributed by atoms with van der Waals surface area (Å²) >= 11 is 0. The molecule has 0 saturated carbocycles. The standard InChI is InChI=1S/C28H29F2N7O3/c1-16-13-35(14-20(16)31)27-21(5-7-23-25(27)32-15-36(23)17-9-11-40-12-10-17)33-28(39)22-6-8-24(38)37(34-22)26-18(29)3-2-4-19(26)30/h2-8,15-17,20H,9-14,31H2,1H3,(H,33,39)/t16-,20+/m1/s1. The number of nitrogens with zero attached hydrogens (tertiary/aromatic N) is 5. The van der Waals surface area contributed by atoms with Gasteiger partial charge in [-0.25, -0.2) is 13.8 Å². The molecule has 2 aromatic carbocycles. The third-order valence-electron chi connectivity index (χ3n) is 7.72. The summed E-state index contributed by atoms with van der Waals surface area (Å²) in [7, 11) is 0. The van der Waals surface area contributed by atoms with E-state index in [9.17, 15) is 18.4 Å². The van der Waals surface area contributed by atoms with Crippen LogP contribution >= 0.6 is 0 Å². The molecule has 0 aliphatic carbocycles. The summed E-state index contributed by atoms with van der Waals surface area (Å²) in [6.45, 7) is 4.73. The van der Waals surface area contributed by atoms with Gasteiger partial charge in [-0.3, -0.25) is 9.59 Å². The Morgan fingerprint density at radius 2 is 1.80 bits per heavy atom. The number of ether oxygens (including phenoxy) is 1. The van der Waals surface area contributed by atoms with Crippen LogP contribution in [0.2, 0.25) is 0 Å². The van der Waals surface area contributed by atoms with Crippen LogP contribution in [0.5, 0.6) is 0 Å². The van der Waals surface area contributed by atoms with Crippen molar-refractivity contribution in [2.45, 2.75) is 31.8 Å². The largest absolute Gasteiger partial charge is 0.381 e. The second-order valence-corrected chi connectivity index (χ2v) is 10.4. The molecule has 0 unspecified atom stereocenters. The van der Waals surface area contributed by atoms with E-state index in [-0.39, 0.29) is 23.7 Å². The number of carbonyl (C=O) groups excluding carboxylic acids is 1. The van der Waals surface area contributed by atoms with Crippen LogP contribution in [-0.2, 0) is 4.74 Å². The summed E-state index contributed by atoms with van der Waals surface area (Å²) < 4.78 is 37.0. The summed E-state index contributed by atoms with van der Waals surface area (Å²) in [6, 6.07) is 9.43. The van der Waals surface area contributed by atoms with Gasteiger partial charge in [0.05, 0.1) is 23.2 Å². The second kappa shape index (κ2) is 10.4. The minimum absolute atomic E-state index is 0.0442. The molecule has 4 aromatic rings. The predicted molar refractivity (Wildman–Crippen MR) is 146 cm³/mol. The Morgan fingerprint density at radius 3 is 2.50 bits per heavy atom. The summed E-state index contributed by atoms with van der Waals surface area (Å²) in [4.78, 5) is 32.7. The van der Waals surface area contributed by atoms with Crippen molar-refractivity contribution in [3.05, 3.63) is 76.5 Å². The zero-order valence-electron chi connectivity index (χ0n) is 21.9. The van der Waals surface area contributed by atoms with Gasteiger partial charge in [-0.1, -0.05) is 13.0 Å². The SMILES string of the molecule is C[C@@H]1CN(c2c(NC(=O)c3ccc(=O)n(-c4c(F)cccc4F)n3)ccc3c2ncn3C2CCOCC2)C[C@@H]1N. The number of benzene rings is 2. The molecular formula is C28H29F2N7O3. The third-order valence-corrected chi connectivity index (χ3v) is 7.72. The molecular weight excluding hydrogens is 520 g/mol. The first-order valence-corrected chi connectivity index (χ1v) is 13.3. The fraction of sp³-hybridized carbons (Fsp3) is 0.357. The van der Waals surface area contributed by atoms with Crippen molar-refractivity contribution >= 4 is 28.3 Å². The summed E-state index contributed by atoms with van der Waals surface area (Å²) in [5.74, 6) is -2.36. The van der Waals surface area contributed by atoms with Crippen molar-refractivity contribution in [1.29, 1.82) is 0 Å². The number of nitrogens with one attached hydrogen (secondary N) is 1. The molecule has 12 heteroatoms. The Morgan fingerprint density at radius 1 is 1.05 bits per heavy atom. The number of fused-ring (bicyclic) bond motifs is 1. The molecule has 0 spiro atoms. The molecule has 6 rings (SSSR count). The number of amides is 1. The van der Waals surface area contributed by atoms with Crippen LogP contribution in [0.4, 0.5) is 20.2 Å². The van der Waals surface area contributed by atoms with Crippen molar-refractivity contribution in [2.75, 3.05) is 36.5 Å². The number of rotatable bonds is 5. The van der Waals surface area contributed by atoms with Crippen LogP contribution in [0.25, 0.3) is 16.7 Å². The fourth-order valence-corrected chi connectivity index (χ4v) is 5.51. The van der Waals surface area contributed by atoms with Gasteiger partial charge in [0.25, 0.3) is 11.5 Å². The first-order valence-electron chi connectivity index (χ1n) is 13.3. The zero-order chi connectivity index (χ0) is 28.0. The van der Waals surface area contributed by atoms with Gasteiger partial charge in [0, 0.05) is 44.5 Å². The van der Waals surface area contributed by atoms with Crippen LogP contribution in [0.15, 0.2) is 53.6 Å². The van der Waals surface area contributed by atoms with Gasteiger partial charge >= 0.3 is 0 Å². The lowest BCUT2D eigenvalue weighted by Gasteiger charge is -2.25. The lowest BCUT2D eigenvalue weighted by molar-refractivity contribution is 0.0706. The Bertz CT molecular complexity index is 1620. The van der Waals surface area contributed by atoms with Gasteiger partial charge < -0.3 is 25.3 Å². The van der Waals surface area contributed by atoms with E-state index in [0.717, 1.165) is 47.8 Å². The van der Waals surface area contributed by atoms with Crippen molar-refractivity contribution in [2.24, 2.45) is 11.7 Å². The molecule has 2 saturated heterocycles. The average molecular weight is 550 g/mol. The summed E-state index contributed by atoms with van der Waals surface area (Å²) in [5, 5.41) is 6.87. The smallest absolute Gasteiger partial charge is 0.276 e. The molecule has 208 valence electrons. The van der Waals surface area contributed by atoms with Crippen molar-refractivity contribution in [3.63, 3.8) is 0 Å². The molecule has 3 N–H and O–H groups in total. The molecule has 2 aromatic heterocycles. The van der Waals surface area contributed by atoms with Crippen LogP contribution in [-0.4, -0.2) is 57.6 Å². The van der Waals surface area contributed by atoms with Gasteiger partial charge in [-0.15, -0.1) is 0 Å². The van der Waals surface area contributed by atoms with E-state index in [0.29, 0.717) is 36.7 Å². The van der Waals surface area contributed by atoms with Crippen molar-refractivity contribution in [3.8, 4) is 5.69 Å². The normalized spacial score (nSPS) is 19.9. The quantitative estimate of drug-likeness (QED) is 0.392. The fourth-order valence-electron chi connectivity index (χ4n) is 5.51. The zero-order valence-corrected chi connectivity index (χ0v) is 21.9. The summed E-state index contributed by atoms with van der Waals surface area (Å²) in [6.07, 6.45) is 3.60. The van der Waals surface area contributed by atoms with Gasteiger partial charge in [0.1, 0.15) is 16.9 Å². The van der Waals surface area contributed by atoms with E-state index in [1.54, 1.807) is 0 Å². The Kier molecular flexibility index (Phi) is 6.80. The third kappa shape index (κ3) is 4.62. The number of imidazole rings is 1. The van der Waals surface area contributed by atoms with Crippen molar-refractivity contribution in [1.82, 2.24) is 19.3 Å². The number of nitrogens with two attached hydrogens (primary N) is 1. The lowest BCUT2D eigenvalue weighted by Crippen LogP contribution is -2.29. The van der Waals surface area contributed by atoms with Gasteiger partial charge in [0.2, 0.25) is 0 Å². The summed E-state index contributed by atoms with van der Waals surface area (Å²) in [5.41, 5.74) is 7.65. The van der Waals surface area contributed by atoms with Crippen LogP contribution in [0.1, 0.15) is 36.3 Å². The topological polar surface area (TPSA) is 120 Å². The molecule has 4 heterocycles. The minimum atomic E-state index is -0.973. The first-order chi connectivity index (χ1) is 19.3. The molecule has 2 atom stereocenters. The Balaban J connectivity index is 1.39. The van der Waals surface area contributed by atoms with Gasteiger partial charge in [-0.2, -0.15) is 9.78 Å². The minimum Gasteiger partial charge on any atom is -0.381 e. The molecule has 40 heavy (non-hydrogen) atoms. The lowest BCUT2D eigenvalue weighted by atomic mass is 10.1. The van der Waals surface area contributed by atoms with E-state index < -0.39 is 28.8 Å². The Hall–Kier alpha value is -4.16. The van der Waals surface area contributed by atoms with E-state index >= 15 is 0 Å². The van der Waals surface area contributed by atoms with Crippen LogP contribution in [0.3, 0.4) is 0 Å². The van der Waals surface area contributed by atoms with E-state index in [2.05, 4.69) is 26.8 Å². The molecule has 0 bridgehead atoms. The highest BCUT2D eigenvalue weighted by atomic mass is 19.1. The maximum atomic E-state index is 14.4. The monoisotopic (exact) mass is 549 g/mol. The highest BCUT2D eigenvalue weighted by Gasteiger charge is 2.31. The van der Waals surface area contributed by atoms with Gasteiger partial charge in [-0.05, 0) is 49.1 Å². The average Bonchev–Trinajstić information content (AvgIpc) is 3.52. The highest BCUT2D eigenvalue weighted by Crippen LogP contribution is 2.38. The molecule has 2 aliphatic heterocycles. The van der Waals surface area contributed by atoms with Gasteiger partial charge in [0.15, 0.2) is 11.6 Å². The Labute approximate surface area is 228 Å². The number of halogens is 2. The number of para-hydroxylation sites is 1. The van der Waals surface area contributed by atoms with E-state index in [1.807, 2.05) is 18.5 Å². The van der Waals surface area contributed by atoms with Crippen LogP contribution < -0.4 is 21.5 Å². The molecule has 1 amide bonds. The number of carbonyl (C=O) groups is 1. The number of hydrogen-bond acceptors (Lipinski definition) is 7.